The average Bonchev–Trinajstić information content (AvgIpc) is 3.03. The van der Waals surface area contributed by atoms with Crippen LogP contribution in [0.25, 0.3) is 0 Å². The molecule has 1 aromatic carbocycles. The van der Waals surface area contributed by atoms with E-state index in [1.807, 2.05) is 6.07 Å². The van der Waals surface area contributed by atoms with Crippen molar-refractivity contribution in [3.05, 3.63) is 30.3 Å². The SMILES string of the molecule is COCCN1C[C@H]2[C@H](OC)CCN(S(=O)(=O)c3ccccc3)[C@H]2C1. The molecule has 0 radical (unpaired) electrons. The second-order valence-electron chi connectivity index (χ2n) is 6.48. The molecule has 134 valence electrons. The van der Waals surface area contributed by atoms with Gasteiger partial charge in [0.2, 0.25) is 10.0 Å². The number of nitrogens with zero attached hydrogens (tertiary/aromatic N) is 2. The van der Waals surface area contributed by atoms with Gasteiger partial charge in [-0.25, -0.2) is 8.42 Å². The number of hydrogen-bond acceptors (Lipinski definition) is 5. The maximum Gasteiger partial charge on any atom is 0.243 e. The van der Waals surface area contributed by atoms with E-state index < -0.39 is 10.0 Å². The van der Waals surface area contributed by atoms with Crippen molar-refractivity contribution in [3.63, 3.8) is 0 Å². The summed E-state index contributed by atoms with van der Waals surface area (Å²) in [5.41, 5.74) is 0. The van der Waals surface area contributed by atoms with Crippen LogP contribution >= 0.6 is 0 Å². The lowest BCUT2D eigenvalue weighted by Crippen LogP contribution is -2.53. The van der Waals surface area contributed by atoms with Gasteiger partial charge in [-0.2, -0.15) is 4.31 Å². The van der Waals surface area contributed by atoms with Gasteiger partial charge in [-0.3, -0.25) is 4.90 Å². The van der Waals surface area contributed by atoms with Crippen LogP contribution in [0.2, 0.25) is 0 Å². The van der Waals surface area contributed by atoms with Crippen molar-refractivity contribution in [3.8, 4) is 0 Å². The monoisotopic (exact) mass is 354 g/mol. The molecule has 2 saturated heterocycles. The third-order valence-corrected chi connectivity index (χ3v) is 7.09. The van der Waals surface area contributed by atoms with Crippen LogP contribution in [0, 0.1) is 5.92 Å². The Morgan fingerprint density at radius 1 is 1.17 bits per heavy atom. The average molecular weight is 354 g/mol. The zero-order valence-corrected chi connectivity index (χ0v) is 15.1. The molecule has 0 saturated carbocycles. The summed E-state index contributed by atoms with van der Waals surface area (Å²) < 4.78 is 38.7. The van der Waals surface area contributed by atoms with E-state index in [1.54, 1.807) is 42.8 Å². The van der Waals surface area contributed by atoms with Gasteiger partial charge in [0.15, 0.2) is 0 Å². The largest absolute Gasteiger partial charge is 0.383 e. The van der Waals surface area contributed by atoms with Gasteiger partial charge in [0.1, 0.15) is 0 Å². The quantitative estimate of drug-likeness (QED) is 0.764. The van der Waals surface area contributed by atoms with Gasteiger partial charge in [0.05, 0.1) is 17.6 Å². The Morgan fingerprint density at radius 3 is 2.58 bits per heavy atom. The minimum absolute atomic E-state index is 0.0363. The first-order valence-electron chi connectivity index (χ1n) is 8.39. The van der Waals surface area contributed by atoms with Crippen molar-refractivity contribution in [2.24, 2.45) is 5.92 Å². The molecule has 0 N–H and O–H groups in total. The van der Waals surface area contributed by atoms with Crippen LogP contribution in [0.1, 0.15) is 6.42 Å². The Morgan fingerprint density at radius 2 is 1.92 bits per heavy atom. The van der Waals surface area contributed by atoms with Crippen molar-refractivity contribution >= 4 is 10.0 Å². The van der Waals surface area contributed by atoms with Gasteiger partial charge in [-0.15, -0.1) is 0 Å². The summed E-state index contributed by atoms with van der Waals surface area (Å²) in [4.78, 5) is 2.65. The van der Waals surface area contributed by atoms with Crippen LogP contribution in [-0.2, 0) is 19.5 Å². The van der Waals surface area contributed by atoms with Crippen LogP contribution in [0.5, 0.6) is 0 Å². The van der Waals surface area contributed by atoms with Gasteiger partial charge < -0.3 is 9.47 Å². The van der Waals surface area contributed by atoms with Crippen LogP contribution in [-0.4, -0.2) is 76.8 Å². The molecule has 6 nitrogen and oxygen atoms in total. The van der Waals surface area contributed by atoms with E-state index in [0.29, 0.717) is 18.0 Å². The number of sulfonamides is 1. The number of likely N-dealkylation sites (tertiary alicyclic amines) is 1. The third-order valence-electron chi connectivity index (χ3n) is 5.15. The van der Waals surface area contributed by atoms with E-state index in [0.717, 1.165) is 26.1 Å². The summed E-state index contributed by atoms with van der Waals surface area (Å²) in [6.07, 6.45) is 0.853. The first kappa shape index (κ1) is 17.8. The van der Waals surface area contributed by atoms with Gasteiger partial charge >= 0.3 is 0 Å². The summed E-state index contributed by atoms with van der Waals surface area (Å²) in [5, 5.41) is 0. The van der Waals surface area contributed by atoms with Gasteiger partial charge in [0, 0.05) is 52.4 Å². The van der Waals surface area contributed by atoms with Crippen molar-refractivity contribution < 1.29 is 17.9 Å². The number of benzene rings is 1. The highest BCUT2D eigenvalue weighted by atomic mass is 32.2. The summed E-state index contributed by atoms with van der Waals surface area (Å²) >= 11 is 0. The fourth-order valence-electron chi connectivity index (χ4n) is 3.92. The lowest BCUT2D eigenvalue weighted by molar-refractivity contribution is 0.00217. The number of methoxy groups -OCH3 is 2. The molecule has 2 fully saturated rings. The molecule has 3 atom stereocenters. The predicted molar refractivity (Wildman–Crippen MR) is 91.3 cm³/mol. The second-order valence-corrected chi connectivity index (χ2v) is 8.37. The fourth-order valence-corrected chi connectivity index (χ4v) is 5.62. The minimum Gasteiger partial charge on any atom is -0.383 e. The molecule has 0 spiro atoms. The molecule has 0 amide bonds. The normalized spacial score (nSPS) is 28.8. The lowest BCUT2D eigenvalue weighted by Gasteiger charge is -2.40. The van der Waals surface area contributed by atoms with Crippen molar-refractivity contribution in [2.75, 3.05) is 47.0 Å². The smallest absolute Gasteiger partial charge is 0.243 e. The molecule has 2 heterocycles. The van der Waals surface area contributed by atoms with Crippen molar-refractivity contribution in [2.45, 2.75) is 23.5 Å². The molecule has 0 unspecified atom stereocenters. The van der Waals surface area contributed by atoms with E-state index >= 15 is 0 Å². The Hall–Kier alpha value is -0.990. The highest BCUT2D eigenvalue weighted by Crippen LogP contribution is 2.35. The minimum atomic E-state index is -3.47. The highest BCUT2D eigenvalue weighted by Gasteiger charge is 2.48. The summed E-state index contributed by atoms with van der Waals surface area (Å²) in [6.45, 7) is 3.57. The molecule has 24 heavy (non-hydrogen) atoms. The topological polar surface area (TPSA) is 59.1 Å². The molecular weight excluding hydrogens is 328 g/mol. The number of rotatable bonds is 6. The first-order chi connectivity index (χ1) is 11.6. The Balaban J connectivity index is 1.84. The molecule has 2 aliphatic rings. The molecule has 0 bridgehead atoms. The third kappa shape index (κ3) is 3.36. The van der Waals surface area contributed by atoms with Crippen LogP contribution in [0.3, 0.4) is 0 Å². The van der Waals surface area contributed by atoms with E-state index in [9.17, 15) is 8.42 Å². The Labute approximate surface area is 144 Å². The molecule has 0 aromatic heterocycles. The first-order valence-corrected chi connectivity index (χ1v) is 9.83. The zero-order valence-electron chi connectivity index (χ0n) is 14.3. The van der Waals surface area contributed by atoms with E-state index in [2.05, 4.69) is 4.90 Å². The maximum atomic E-state index is 13.1. The Kier molecular flexibility index (Phi) is 5.56. The molecular formula is C17H26N2O4S. The summed E-state index contributed by atoms with van der Waals surface area (Å²) in [5.74, 6) is 0.207. The number of piperidine rings is 1. The number of hydrogen-bond donors (Lipinski definition) is 0. The standard InChI is InChI=1S/C17H26N2O4S/c1-22-11-10-18-12-15-16(13-18)19(9-8-17(15)23-2)24(20,21)14-6-4-3-5-7-14/h3-7,15-17H,8-13H2,1-2H3/t15-,16+,17-/m1/s1. The molecule has 0 aliphatic carbocycles. The number of ether oxygens (including phenoxy) is 2. The zero-order chi connectivity index (χ0) is 17.2. The van der Waals surface area contributed by atoms with E-state index in [1.165, 1.54) is 0 Å². The van der Waals surface area contributed by atoms with Crippen molar-refractivity contribution in [1.29, 1.82) is 0 Å². The Bertz CT molecular complexity index is 637. The van der Waals surface area contributed by atoms with E-state index in [4.69, 9.17) is 9.47 Å². The predicted octanol–water partition coefficient (Wildman–Crippen LogP) is 1.04. The molecule has 3 rings (SSSR count). The second kappa shape index (κ2) is 7.49. The van der Waals surface area contributed by atoms with Crippen LogP contribution < -0.4 is 0 Å². The van der Waals surface area contributed by atoms with E-state index in [-0.39, 0.29) is 18.1 Å². The van der Waals surface area contributed by atoms with Crippen LogP contribution in [0.4, 0.5) is 0 Å². The van der Waals surface area contributed by atoms with Gasteiger partial charge in [-0.05, 0) is 18.6 Å². The van der Waals surface area contributed by atoms with Crippen molar-refractivity contribution in [1.82, 2.24) is 9.21 Å². The fraction of sp³-hybridized carbons (Fsp3) is 0.647. The maximum absolute atomic E-state index is 13.1. The van der Waals surface area contributed by atoms with Gasteiger partial charge in [-0.1, -0.05) is 18.2 Å². The summed E-state index contributed by atoms with van der Waals surface area (Å²) in [7, 11) is -0.0611. The lowest BCUT2D eigenvalue weighted by atomic mass is 9.91. The summed E-state index contributed by atoms with van der Waals surface area (Å²) in [6, 6.07) is 8.68. The molecule has 2 aliphatic heterocycles. The molecule has 7 heteroatoms. The number of fused-ring (bicyclic) bond motifs is 1. The van der Waals surface area contributed by atoms with Crippen LogP contribution in [0.15, 0.2) is 35.2 Å². The highest BCUT2D eigenvalue weighted by molar-refractivity contribution is 7.89. The molecule has 1 aromatic rings. The van der Waals surface area contributed by atoms with Gasteiger partial charge in [0.25, 0.3) is 0 Å².